The molecule has 1 amide bonds. The summed E-state index contributed by atoms with van der Waals surface area (Å²) in [7, 11) is 2.14. The molecule has 1 N–H and O–H groups in total. The van der Waals surface area contributed by atoms with E-state index in [9.17, 15) is 4.79 Å². The highest BCUT2D eigenvalue weighted by Gasteiger charge is 2.22. The number of hydrogen-bond donors (Lipinski definition) is 1. The summed E-state index contributed by atoms with van der Waals surface area (Å²) in [6.45, 7) is 5.32. The number of likely N-dealkylation sites (tertiary alicyclic amines) is 1. The van der Waals surface area contributed by atoms with Crippen LogP contribution in [0.1, 0.15) is 35.7 Å². The Morgan fingerprint density at radius 2 is 2.14 bits per heavy atom. The van der Waals surface area contributed by atoms with Crippen LogP contribution in [0.3, 0.4) is 0 Å². The minimum absolute atomic E-state index is 0.0545. The molecule has 0 spiro atoms. The second-order valence-electron chi connectivity index (χ2n) is 7.43. The van der Waals surface area contributed by atoms with Crippen molar-refractivity contribution in [3.8, 4) is 5.75 Å². The first-order chi connectivity index (χ1) is 13.6. The topological polar surface area (TPSA) is 70.6 Å². The van der Waals surface area contributed by atoms with E-state index in [0.717, 1.165) is 43.7 Å². The SMILES string of the molecule is CCN(C(=O)c1ccc2c(c1)CCO2)c1ccnc(NC2CCN(C)CC2)n1. The Morgan fingerprint density at radius 3 is 2.93 bits per heavy atom. The number of carbonyl (C=O) groups is 1. The van der Waals surface area contributed by atoms with E-state index >= 15 is 0 Å². The molecule has 0 aliphatic carbocycles. The molecule has 1 fully saturated rings. The minimum Gasteiger partial charge on any atom is -0.493 e. The number of ether oxygens (including phenoxy) is 1. The van der Waals surface area contributed by atoms with Crippen molar-refractivity contribution in [2.75, 3.05) is 43.5 Å². The fourth-order valence-electron chi connectivity index (χ4n) is 3.79. The maximum Gasteiger partial charge on any atom is 0.259 e. The van der Waals surface area contributed by atoms with Crippen molar-refractivity contribution >= 4 is 17.7 Å². The van der Waals surface area contributed by atoms with Gasteiger partial charge in [0, 0.05) is 30.8 Å². The van der Waals surface area contributed by atoms with Crippen molar-refractivity contribution in [2.24, 2.45) is 0 Å². The van der Waals surface area contributed by atoms with Crippen molar-refractivity contribution in [1.82, 2.24) is 14.9 Å². The van der Waals surface area contributed by atoms with Gasteiger partial charge in [0.25, 0.3) is 5.91 Å². The molecule has 2 aromatic rings. The first-order valence-corrected chi connectivity index (χ1v) is 9.99. The van der Waals surface area contributed by atoms with Crippen LogP contribution >= 0.6 is 0 Å². The maximum atomic E-state index is 13.1. The van der Waals surface area contributed by atoms with Gasteiger partial charge < -0.3 is 15.0 Å². The number of aromatic nitrogens is 2. The summed E-state index contributed by atoms with van der Waals surface area (Å²) in [5.74, 6) is 2.03. The van der Waals surface area contributed by atoms with Gasteiger partial charge in [0.2, 0.25) is 5.95 Å². The van der Waals surface area contributed by atoms with Gasteiger partial charge >= 0.3 is 0 Å². The highest BCUT2D eigenvalue weighted by Crippen LogP contribution is 2.27. The average Bonchev–Trinajstić information content (AvgIpc) is 3.18. The minimum atomic E-state index is -0.0545. The third-order valence-electron chi connectivity index (χ3n) is 5.47. The van der Waals surface area contributed by atoms with Gasteiger partial charge in [-0.25, -0.2) is 4.98 Å². The normalized spacial score (nSPS) is 17.1. The zero-order valence-corrected chi connectivity index (χ0v) is 16.5. The Morgan fingerprint density at radius 1 is 1.32 bits per heavy atom. The van der Waals surface area contributed by atoms with Crippen LogP contribution < -0.4 is 15.0 Å². The van der Waals surface area contributed by atoms with Crippen LogP contribution in [-0.4, -0.2) is 60.1 Å². The lowest BCUT2D eigenvalue weighted by Gasteiger charge is -2.29. The predicted octanol–water partition coefficient (Wildman–Crippen LogP) is 2.58. The number of amides is 1. The molecule has 3 heterocycles. The number of hydrogen-bond acceptors (Lipinski definition) is 6. The van der Waals surface area contributed by atoms with Gasteiger partial charge in [-0.05, 0) is 69.7 Å². The van der Waals surface area contributed by atoms with Crippen LogP contribution in [0.4, 0.5) is 11.8 Å². The van der Waals surface area contributed by atoms with E-state index in [1.54, 1.807) is 17.2 Å². The third-order valence-corrected chi connectivity index (χ3v) is 5.47. The number of fused-ring (bicyclic) bond motifs is 1. The first-order valence-electron chi connectivity index (χ1n) is 9.99. The molecule has 0 radical (unpaired) electrons. The van der Waals surface area contributed by atoms with E-state index in [2.05, 4.69) is 27.2 Å². The molecular formula is C21H27N5O2. The van der Waals surface area contributed by atoms with E-state index in [1.807, 2.05) is 25.1 Å². The van der Waals surface area contributed by atoms with Crippen LogP contribution in [0.15, 0.2) is 30.5 Å². The van der Waals surface area contributed by atoms with Gasteiger partial charge in [-0.3, -0.25) is 9.69 Å². The zero-order chi connectivity index (χ0) is 19.5. The Kier molecular flexibility index (Phi) is 5.43. The van der Waals surface area contributed by atoms with Gasteiger partial charge in [-0.2, -0.15) is 4.98 Å². The number of piperidine rings is 1. The molecule has 1 aromatic carbocycles. The second-order valence-corrected chi connectivity index (χ2v) is 7.43. The number of nitrogens with zero attached hydrogens (tertiary/aromatic N) is 4. The molecule has 28 heavy (non-hydrogen) atoms. The lowest BCUT2D eigenvalue weighted by Crippen LogP contribution is -2.37. The number of anilines is 2. The first kappa shape index (κ1) is 18.7. The van der Waals surface area contributed by atoms with Crippen LogP contribution in [-0.2, 0) is 6.42 Å². The van der Waals surface area contributed by atoms with Crippen molar-refractivity contribution in [3.63, 3.8) is 0 Å². The molecular weight excluding hydrogens is 354 g/mol. The standard InChI is InChI=1S/C21H27N5O2/c1-3-26(20(27)16-4-5-18-15(14-16)9-13-28-18)19-6-10-22-21(24-19)23-17-7-11-25(2)12-8-17/h4-6,10,14,17H,3,7-9,11-13H2,1-2H3,(H,22,23,24). The van der Waals surface area contributed by atoms with E-state index < -0.39 is 0 Å². The summed E-state index contributed by atoms with van der Waals surface area (Å²) in [6.07, 6.45) is 4.70. The summed E-state index contributed by atoms with van der Waals surface area (Å²) in [5.41, 5.74) is 1.75. The Balaban J connectivity index is 1.50. The lowest BCUT2D eigenvalue weighted by atomic mass is 10.1. The Bertz CT molecular complexity index is 848. The smallest absolute Gasteiger partial charge is 0.259 e. The number of carbonyl (C=O) groups excluding carboxylic acids is 1. The number of nitrogens with one attached hydrogen (secondary N) is 1. The van der Waals surface area contributed by atoms with E-state index in [4.69, 9.17) is 4.74 Å². The molecule has 0 unspecified atom stereocenters. The molecule has 7 heteroatoms. The molecule has 1 saturated heterocycles. The predicted molar refractivity (Wildman–Crippen MR) is 109 cm³/mol. The third kappa shape index (κ3) is 3.94. The monoisotopic (exact) mass is 381 g/mol. The fraction of sp³-hybridized carbons (Fsp3) is 0.476. The molecule has 0 atom stereocenters. The van der Waals surface area contributed by atoms with Gasteiger partial charge in [-0.15, -0.1) is 0 Å². The Hall–Kier alpha value is -2.67. The van der Waals surface area contributed by atoms with Crippen molar-refractivity contribution in [2.45, 2.75) is 32.2 Å². The van der Waals surface area contributed by atoms with Crippen LogP contribution in [0.25, 0.3) is 0 Å². The van der Waals surface area contributed by atoms with Gasteiger partial charge in [0.15, 0.2) is 0 Å². The van der Waals surface area contributed by atoms with E-state index in [1.165, 1.54) is 0 Å². The van der Waals surface area contributed by atoms with E-state index in [-0.39, 0.29) is 5.91 Å². The lowest BCUT2D eigenvalue weighted by molar-refractivity contribution is 0.0987. The molecule has 1 aromatic heterocycles. The number of benzene rings is 1. The fourth-order valence-corrected chi connectivity index (χ4v) is 3.79. The molecule has 148 valence electrons. The maximum absolute atomic E-state index is 13.1. The molecule has 7 nitrogen and oxygen atoms in total. The summed E-state index contributed by atoms with van der Waals surface area (Å²) in [4.78, 5) is 26.1. The van der Waals surface area contributed by atoms with Crippen molar-refractivity contribution in [1.29, 1.82) is 0 Å². The summed E-state index contributed by atoms with van der Waals surface area (Å²) in [6, 6.07) is 7.81. The van der Waals surface area contributed by atoms with Crippen LogP contribution in [0.5, 0.6) is 5.75 Å². The average molecular weight is 381 g/mol. The summed E-state index contributed by atoms with van der Waals surface area (Å²) in [5, 5.41) is 3.43. The van der Waals surface area contributed by atoms with Gasteiger partial charge in [0.05, 0.1) is 6.61 Å². The van der Waals surface area contributed by atoms with Gasteiger partial charge in [0.1, 0.15) is 11.6 Å². The number of rotatable bonds is 5. The van der Waals surface area contributed by atoms with Crippen LogP contribution in [0, 0.1) is 0 Å². The van der Waals surface area contributed by atoms with Crippen molar-refractivity contribution < 1.29 is 9.53 Å². The molecule has 0 bridgehead atoms. The second kappa shape index (κ2) is 8.14. The highest BCUT2D eigenvalue weighted by molar-refractivity contribution is 6.05. The Labute approximate surface area is 165 Å². The summed E-state index contributed by atoms with van der Waals surface area (Å²) < 4.78 is 5.54. The quantitative estimate of drug-likeness (QED) is 0.858. The molecule has 2 aliphatic heterocycles. The molecule has 2 aliphatic rings. The largest absolute Gasteiger partial charge is 0.493 e. The highest BCUT2D eigenvalue weighted by atomic mass is 16.5. The van der Waals surface area contributed by atoms with Crippen LogP contribution in [0.2, 0.25) is 0 Å². The van der Waals surface area contributed by atoms with Gasteiger partial charge in [-0.1, -0.05) is 0 Å². The molecule has 0 saturated carbocycles. The molecule has 4 rings (SSSR count). The zero-order valence-electron chi connectivity index (χ0n) is 16.5. The van der Waals surface area contributed by atoms with E-state index in [0.29, 0.717) is 36.5 Å². The summed E-state index contributed by atoms with van der Waals surface area (Å²) >= 11 is 0. The van der Waals surface area contributed by atoms with Crippen molar-refractivity contribution in [3.05, 3.63) is 41.6 Å².